The molecule has 0 spiro atoms. The van der Waals surface area contributed by atoms with Crippen molar-refractivity contribution in [3.05, 3.63) is 34.9 Å². The molecule has 0 saturated heterocycles. The second kappa shape index (κ2) is 5.25. The van der Waals surface area contributed by atoms with Crippen LogP contribution in [0.3, 0.4) is 0 Å². The second-order valence-corrected chi connectivity index (χ2v) is 4.50. The van der Waals surface area contributed by atoms with Crippen molar-refractivity contribution in [1.29, 1.82) is 0 Å². The third-order valence-corrected chi connectivity index (χ3v) is 3.53. The van der Waals surface area contributed by atoms with Crippen LogP contribution >= 0.6 is 0 Å². The number of hydrogen-bond donors (Lipinski definition) is 0. The minimum atomic E-state index is -0.165. The van der Waals surface area contributed by atoms with E-state index in [1.807, 2.05) is 6.07 Å². The van der Waals surface area contributed by atoms with Crippen LogP contribution in [0.5, 0.6) is 5.75 Å². The third kappa shape index (κ3) is 2.40. The molecule has 1 aliphatic rings. The summed E-state index contributed by atoms with van der Waals surface area (Å²) in [4.78, 5) is 11.4. The molecule has 0 saturated carbocycles. The van der Waals surface area contributed by atoms with Gasteiger partial charge in [0.15, 0.2) is 0 Å². The predicted molar refractivity (Wildman–Crippen MR) is 70.5 cm³/mol. The number of fused-ring (bicyclic) bond motifs is 1. The summed E-state index contributed by atoms with van der Waals surface area (Å²) < 4.78 is 9.97. The molecule has 3 heteroatoms. The zero-order valence-electron chi connectivity index (χ0n) is 11.1. The Kier molecular flexibility index (Phi) is 3.70. The maximum Gasteiger partial charge on any atom is 0.309 e. The number of esters is 1. The van der Waals surface area contributed by atoms with E-state index >= 15 is 0 Å². The first-order chi connectivity index (χ1) is 8.65. The van der Waals surface area contributed by atoms with Gasteiger partial charge in [-0.25, -0.2) is 0 Å². The van der Waals surface area contributed by atoms with E-state index in [-0.39, 0.29) is 5.97 Å². The molecule has 1 aromatic carbocycles. The van der Waals surface area contributed by atoms with Gasteiger partial charge >= 0.3 is 5.97 Å². The van der Waals surface area contributed by atoms with Gasteiger partial charge in [0, 0.05) is 0 Å². The summed E-state index contributed by atoms with van der Waals surface area (Å²) in [5, 5.41) is 0. The Morgan fingerprint density at radius 1 is 1.28 bits per heavy atom. The van der Waals surface area contributed by atoms with Gasteiger partial charge in [0.2, 0.25) is 0 Å². The summed E-state index contributed by atoms with van der Waals surface area (Å²) in [6.07, 6.45) is 2.27. The van der Waals surface area contributed by atoms with Crippen LogP contribution in [0.15, 0.2) is 23.8 Å². The van der Waals surface area contributed by atoms with Crippen LogP contribution in [0.25, 0.3) is 5.57 Å². The van der Waals surface area contributed by atoms with Crippen molar-refractivity contribution in [2.45, 2.75) is 26.2 Å². The van der Waals surface area contributed by atoms with E-state index in [4.69, 9.17) is 9.47 Å². The number of allylic oxidation sites excluding steroid dienone is 1. The van der Waals surface area contributed by atoms with E-state index in [9.17, 15) is 4.79 Å². The highest BCUT2D eigenvalue weighted by Gasteiger charge is 2.18. The first kappa shape index (κ1) is 12.7. The Balaban J connectivity index is 2.32. The highest BCUT2D eigenvalue weighted by molar-refractivity contribution is 5.80. The molecule has 0 fully saturated rings. The largest absolute Gasteiger partial charge is 0.497 e. The first-order valence-electron chi connectivity index (χ1n) is 6.08. The van der Waals surface area contributed by atoms with Crippen LogP contribution < -0.4 is 4.74 Å². The lowest BCUT2D eigenvalue weighted by molar-refractivity contribution is -0.139. The molecular formula is C15H18O3. The SMILES string of the molecule is COC(=O)CC1=C(C)c2ccc(OC)cc2CC1. The zero-order valence-corrected chi connectivity index (χ0v) is 11.1. The number of ether oxygens (including phenoxy) is 2. The summed E-state index contributed by atoms with van der Waals surface area (Å²) in [5.41, 5.74) is 4.89. The molecule has 0 aromatic heterocycles. The molecule has 0 bridgehead atoms. The van der Waals surface area contributed by atoms with Crippen LogP contribution in [-0.2, 0) is 16.0 Å². The number of methoxy groups -OCH3 is 2. The standard InChI is InChI=1S/C15H18O3/c1-10-11(9-15(16)18-3)4-5-12-8-13(17-2)6-7-14(10)12/h6-8H,4-5,9H2,1-3H3. The third-order valence-electron chi connectivity index (χ3n) is 3.53. The Labute approximate surface area is 107 Å². The van der Waals surface area contributed by atoms with Crippen LogP contribution in [-0.4, -0.2) is 20.2 Å². The van der Waals surface area contributed by atoms with Crippen LogP contribution in [0.4, 0.5) is 0 Å². The van der Waals surface area contributed by atoms with E-state index in [0.717, 1.165) is 18.6 Å². The molecule has 3 nitrogen and oxygen atoms in total. The molecule has 1 aromatic rings. The summed E-state index contributed by atoms with van der Waals surface area (Å²) in [6.45, 7) is 2.07. The summed E-state index contributed by atoms with van der Waals surface area (Å²) in [5.74, 6) is 0.722. The zero-order chi connectivity index (χ0) is 13.1. The molecular weight excluding hydrogens is 228 g/mol. The Morgan fingerprint density at radius 2 is 2.06 bits per heavy atom. The molecule has 1 aliphatic carbocycles. The summed E-state index contributed by atoms with van der Waals surface area (Å²) in [7, 11) is 3.11. The highest BCUT2D eigenvalue weighted by atomic mass is 16.5. The quantitative estimate of drug-likeness (QED) is 0.769. The molecule has 0 N–H and O–H groups in total. The average Bonchev–Trinajstić information content (AvgIpc) is 2.41. The van der Waals surface area contributed by atoms with Gasteiger partial charge in [-0.2, -0.15) is 0 Å². The molecule has 0 heterocycles. The van der Waals surface area contributed by atoms with E-state index in [2.05, 4.69) is 19.1 Å². The van der Waals surface area contributed by atoms with E-state index in [0.29, 0.717) is 6.42 Å². The fourth-order valence-electron chi connectivity index (χ4n) is 2.40. The van der Waals surface area contributed by atoms with Crippen LogP contribution in [0.1, 0.15) is 30.9 Å². The number of carbonyl (C=O) groups excluding carboxylic acids is 1. The number of carbonyl (C=O) groups is 1. The Hall–Kier alpha value is -1.77. The molecule has 0 amide bonds. The molecule has 0 radical (unpaired) electrons. The van der Waals surface area contributed by atoms with Gasteiger partial charge in [0.1, 0.15) is 5.75 Å². The monoisotopic (exact) mass is 246 g/mol. The second-order valence-electron chi connectivity index (χ2n) is 4.50. The van der Waals surface area contributed by atoms with Gasteiger partial charge in [-0.15, -0.1) is 0 Å². The van der Waals surface area contributed by atoms with E-state index in [1.54, 1.807) is 7.11 Å². The smallest absolute Gasteiger partial charge is 0.309 e. The molecule has 0 unspecified atom stereocenters. The number of benzene rings is 1. The number of rotatable bonds is 3. The molecule has 18 heavy (non-hydrogen) atoms. The van der Waals surface area contributed by atoms with Crippen LogP contribution in [0, 0.1) is 0 Å². The lowest BCUT2D eigenvalue weighted by Gasteiger charge is -2.21. The highest BCUT2D eigenvalue weighted by Crippen LogP contribution is 2.34. The van der Waals surface area contributed by atoms with Crippen molar-refractivity contribution in [3.63, 3.8) is 0 Å². The van der Waals surface area contributed by atoms with Gasteiger partial charge in [-0.05, 0) is 48.6 Å². The van der Waals surface area contributed by atoms with Crippen molar-refractivity contribution in [2.75, 3.05) is 14.2 Å². The minimum absolute atomic E-state index is 0.165. The summed E-state index contributed by atoms with van der Waals surface area (Å²) >= 11 is 0. The van der Waals surface area contributed by atoms with Crippen molar-refractivity contribution in [3.8, 4) is 5.75 Å². The predicted octanol–water partition coefficient (Wildman–Crippen LogP) is 2.98. The topological polar surface area (TPSA) is 35.5 Å². The van der Waals surface area contributed by atoms with Gasteiger partial charge in [0.25, 0.3) is 0 Å². The average molecular weight is 246 g/mol. The van der Waals surface area contributed by atoms with Gasteiger partial charge in [0.05, 0.1) is 20.6 Å². The normalized spacial score (nSPS) is 14.2. The first-order valence-corrected chi connectivity index (χ1v) is 6.08. The summed E-state index contributed by atoms with van der Waals surface area (Å²) in [6, 6.07) is 6.11. The van der Waals surface area contributed by atoms with E-state index < -0.39 is 0 Å². The lowest BCUT2D eigenvalue weighted by atomic mass is 9.85. The van der Waals surface area contributed by atoms with Gasteiger partial charge in [-0.1, -0.05) is 11.6 Å². The van der Waals surface area contributed by atoms with Crippen molar-refractivity contribution < 1.29 is 14.3 Å². The fraction of sp³-hybridized carbons (Fsp3) is 0.400. The minimum Gasteiger partial charge on any atom is -0.497 e. The van der Waals surface area contributed by atoms with Crippen molar-refractivity contribution in [2.24, 2.45) is 0 Å². The Bertz CT molecular complexity index is 500. The number of hydrogen-bond acceptors (Lipinski definition) is 3. The van der Waals surface area contributed by atoms with Crippen molar-refractivity contribution >= 4 is 11.5 Å². The Morgan fingerprint density at radius 3 is 2.72 bits per heavy atom. The molecule has 0 aliphatic heterocycles. The maximum atomic E-state index is 11.4. The lowest BCUT2D eigenvalue weighted by Crippen LogP contribution is -2.09. The van der Waals surface area contributed by atoms with Gasteiger partial charge in [-0.3, -0.25) is 4.79 Å². The van der Waals surface area contributed by atoms with Crippen molar-refractivity contribution in [1.82, 2.24) is 0 Å². The fourth-order valence-corrected chi connectivity index (χ4v) is 2.40. The number of aryl methyl sites for hydroxylation is 1. The molecule has 2 rings (SSSR count). The maximum absolute atomic E-state index is 11.4. The van der Waals surface area contributed by atoms with Gasteiger partial charge < -0.3 is 9.47 Å². The molecule has 96 valence electrons. The van der Waals surface area contributed by atoms with E-state index in [1.165, 1.54) is 29.4 Å². The molecule has 0 atom stereocenters. The van der Waals surface area contributed by atoms with Crippen LogP contribution in [0.2, 0.25) is 0 Å².